The standard InChI is InChI=1S/C21H19N5O5/c1-3-31-19(28)14-10-22-26(12-14)21-23-16-8-9-25(17(16)18(27)24-21)11-13-6-4-5-7-15(13)20(29)30-2/h4-10,12H,3,11H2,1-2H3,(H,23,24,27). The van der Waals surface area contributed by atoms with Crippen LogP contribution in [0.4, 0.5) is 0 Å². The van der Waals surface area contributed by atoms with Gasteiger partial charge in [0.1, 0.15) is 5.52 Å². The molecule has 0 radical (unpaired) electrons. The van der Waals surface area contributed by atoms with Crippen LogP contribution in [0.1, 0.15) is 33.2 Å². The molecule has 1 aromatic carbocycles. The lowest BCUT2D eigenvalue weighted by molar-refractivity contribution is 0.0525. The average molecular weight is 421 g/mol. The molecule has 10 nitrogen and oxygen atoms in total. The van der Waals surface area contributed by atoms with Crippen molar-refractivity contribution in [3.63, 3.8) is 0 Å². The number of aromatic amines is 1. The van der Waals surface area contributed by atoms with Crippen molar-refractivity contribution in [1.29, 1.82) is 0 Å². The number of rotatable bonds is 6. The second kappa shape index (κ2) is 8.27. The van der Waals surface area contributed by atoms with Crippen molar-refractivity contribution < 1.29 is 19.1 Å². The van der Waals surface area contributed by atoms with Crippen LogP contribution in [0.5, 0.6) is 0 Å². The molecular weight excluding hydrogens is 402 g/mol. The molecule has 0 bridgehead atoms. The van der Waals surface area contributed by atoms with Gasteiger partial charge in [0.05, 0.1) is 36.6 Å². The van der Waals surface area contributed by atoms with Gasteiger partial charge in [0.25, 0.3) is 5.56 Å². The van der Waals surface area contributed by atoms with Gasteiger partial charge in [0.15, 0.2) is 0 Å². The summed E-state index contributed by atoms with van der Waals surface area (Å²) in [6, 6.07) is 8.73. The Labute approximate surface area is 176 Å². The van der Waals surface area contributed by atoms with Crippen LogP contribution in [0.2, 0.25) is 0 Å². The van der Waals surface area contributed by atoms with E-state index in [1.807, 2.05) is 6.07 Å². The van der Waals surface area contributed by atoms with Crippen molar-refractivity contribution in [1.82, 2.24) is 24.3 Å². The first-order valence-electron chi connectivity index (χ1n) is 9.49. The zero-order valence-corrected chi connectivity index (χ0v) is 16.9. The Morgan fingerprint density at radius 3 is 2.74 bits per heavy atom. The molecule has 3 heterocycles. The van der Waals surface area contributed by atoms with Gasteiger partial charge in [-0.15, -0.1) is 0 Å². The lowest BCUT2D eigenvalue weighted by Gasteiger charge is -2.10. The predicted octanol–water partition coefficient (Wildman–Crippen LogP) is 1.92. The van der Waals surface area contributed by atoms with Crippen molar-refractivity contribution in [3.05, 3.63) is 76.0 Å². The fraction of sp³-hybridized carbons (Fsp3) is 0.190. The fourth-order valence-corrected chi connectivity index (χ4v) is 3.25. The average Bonchev–Trinajstić information content (AvgIpc) is 3.42. The number of esters is 2. The third kappa shape index (κ3) is 3.82. The molecule has 0 amide bonds. The van der Waals surface area contributed by atoms with Crippen molar-refractivity contribution >= 4 is 23.0 Å². The van der Waals surface area contributed by atoms with E-state index in [2.05, 4.69) is 15.1 Å². The van der Waals surface area contributed by atoms with Crippen molar-refractivity contribution in [2.24, 2.45) is 0 Å². The first-order valence-corrected chi connectivity index (χ1v) is 9.49. The summed E-state index contributed by atoms with van der Waals surface area (Å²) in [5.74, 6) is -0.786. The normalized spacial score (nSPS) is 10.9. The summed E-state index contributed by atoms with van der Waals surface area (Å²) in [5.41, 5.74) is 1.80. The number of aromatic nitrogens is 5. The van der Waals surface area contributed by atoms with Gasteiger partial charge in [-0.2, -0.15) is 5.10 Å². The molecule has 0 aliphatic rings. The highest BCUT2D eigenvalue weighted by atomic mass is 16.5. The van der Waals surface area contributed by atoms with Crippen LogP contribution in [0.25, 0.3) is 17.0 Å². The molecule has 4 aromatic rings. The topological polar surface area (TPSA) is 121 Å². The van der Waals surface area contributed by atoms with Gasteiger partial charge in [-0.05, 0) is 24.6 Å². The van der Waals surface area contributed by atoms with E-state index in [0.29, 0.717) is 22.2 Å². The Balaban J connectivity index is 1.69. The van der Waals surface area contributed by atoms with Gasteiger partial charge in [0, 0.05) is 18.9 Å². The highest BCUT2D eigenvalue weighted by Gasteiger charge is 2.16. The van der Waals surface area contributed by atoms with Crippen LogP contribution in [0.15, 0.2) is 53.7 Å². The lowest BCUT2D eigenvalue weighted by Crippen LogP contribution is -2.17. The van der Waals surface area contributed by atoms with E-state index in [4.69, 9.17) is 9.47 Å². The zero-order valence-electron chi connectivity index (χ0n) is 16.9. The van der Waals surface area contributed by atoms with Crippen molar-refractivity contribution in [2.45, 2.75) is 13.5 Å². The summed E-state index contributed by atoms with van der Waals surface area (Å²) < 4.78 is 12.8. The number of nitrogens with zero attached hydrogens (tertiary/aromatic N) is 4. The minimum absolute atomic E-state index is 0.167. The third-order valence-electron chi connectivity index (χ3n) is 4.68. The molecule has 0 unspecified atom stereocenters. The number of benzene rings is 1. The van der Waals surface area contributed by atoms with E-state index < -0.39 is 11.9 Å². The highest BCUT2D eigenvalue weighted by Crippen LogP contribution is 2.17. The van der Waals surface area contributed by atoms with Crippen LogP contribution in [-0.4, -0.2) is 50.0 Å². The number of H-pyrrole nitrogens is 1. The number of hydrogen-bond donors (Lipinski definition) is 1. The van der Waals surface area contributed by atoms with Crippen LogP contribution >= 0.6 is 0 Å². The molecule has 0 saturated carbocycles. The summed E-state index contributed by atoms with van der Waals surface area (Å²) in [7, 11) is 1.32. The van der Waals surface area contributed by atoms with Gasteiger partial charge in [-0.1, -0.05) is 18.2 Å². The van der Waals surface area contributed by atoms with E-state index in [-0.39, 0.29) is 30.2 Å². The number of methoxy groups -OCH3 is 1. The zero-order chi connectivity index (χ0) is 22.0. The molecule has 0 fully saturated rings. The monoisotopic (exact) mass is 421 g/mol. The summed E-state index contributed by atoms with van der Waals surface area (Å²) >= 11 is 0. The Kier molecular flexibility index (Phi) is 5.35. The molecule has 0 spiro atoms. The number of fused-ring (bicyclic) bond motifs is 1. The molecule has 4 rings (SSSR count). The molecule has 158 valence electrons. The summed E-state index contributed by atoms with van der Waals surface area (Å²) in [6.45, 7) is 2.24. The fourth-order valence-electron chi connectivity index (χ4n) is 3.25. The van der Waals surface area contributed by atoms with Crippen LogP contribution in [0.3, 0.4) is 0 Å². The van der Waals surface area contributed by atoms with Gasteiger partial charge in [-0.3, -0.25) is 9.78 Å². The van der Waals surface area contributed by atoms with E-state index in [0.717, 1.165) is 0 Å². The molecule has 0 atom stereocenters. The minimum atomic E-state index is -0.507. The largest absolute Gasteiger partial charge is 0.465 e. The van der Waals surface area contributed by atoms with E-state index >= 15 is 0 Å². The van der Waals surface area contributed by atoms with Gasteiger partial charge < -0.3 is 14.0 Å². The van der Waals surface area contributed by atoms with E-state index in [9.17, 15) is 14.4 Å². The van der Waals surface area contributed by atoms with Crippen LogP contribution < -0.4 is 5.56 Å². The molecule has 0 saturated heterocycles. The molecule has 3 aromatic heterocycles. The number of ether oxygens (including phenoxy) is 2. The van der Waals surface area contributed by atoms with E-state index in [1.165, 1.54) is 24.2 Å². The summed E-state index contributed by atoms with van der Waals surface area (Å²) in [6.07, 6.45) is 4.50. The molecule has 10 heteroatoms. The first-order chi connectivity index (χ1) is 15.0. The van der Waals surface area contributed by atoms with Gasteiger partial charge in [0.2, 0.25) is 5.95 Å². The SMILES string of the molecule is CCOC(=O)c1cnn(-c2nc3ccn(Cc4ccccc4C(=O)OC)c3c(=O)[nH]2)c1. The summed E-state index contributed by atoms with van der Waals surface area (Å²) in [5, 5.41) is 4.08. The second-order valence-electron chi connectivity index (χ2n) is 6.61. The number of carbonyl (C=O) groups excluding carboxylic acids is 2. The Morgan fingerprint density at radius 1 is 1.16 bits per heavy atom. The molecule has 0 aliphatic heterocycles. The smallest absolute Gasteiger partial charge is 0.341 e. The van der Waals surface area contributed by atoms with Gasteiger partial charge >= 0.3 is 11.9 Å². The van der Waals surface area contributed by atoms with Crippen molar-refractivity contribution in [3.8, 4) is 5.95 Å². The van der Waals surface area contributed by atoms with Crippen LogP contribution in [-0.2, 0) is 16.0 Å². The molecule has 0 aliphatic carbocycles. The molecular formula is C21H19N5O5. The Bertz CT molecular complexity index is 1330. The first kappa shape index (κ1) is 20.1. The number of carbonyl (C=O) groups is 2. The Morgan fingerprint density at radius 2 is 1.97 bits per heavy atom. The molecule has 1 N–H and O–H groups in total. The number of hydrogen-bond acceptors (Lipinski definition) is 7. The van der Waals surface area contributed by atoms with Gasteiger partial charge in [-0.25, -0.2) is 19.3 Å². The van der Waals surface area contributed by atoms with E-state index in [1.54, 1.807) is 42.0 Å². The highest BCUT2D eigenvalue weighted by molar-refractivity contribution is 5.91. The number of nitrogens with one attached hydrogen (secondary N) is 1. The second-order valence-corrected chi connectivity index (χ2v) is 6.61. The maximum atomic E-state index is 12.8. The Hall–Kier alpha value is -4.21. The predicted molar refractivity (Wildman–Crippen MR) is 110 cm³/mol. The quantitative estimate of drug-likeness (QED) is 0.472. The van der Waals surface area contributed by atoms with Crippen LogP contribution in [0, 0.1) is 0 Å². The third-order valence-corrected chi connectivity index (χ3v) is 4.68. The van der Waals surface area contributed by atoms with Crippen molar-refractivity contribution in [2.75, 3.05) is 13.7 Å². The maximum Gasteiger partial charge on any atom is 0.341 e. The molecule has 31 heavy (non-hydrogen) atoms. The maximum absolute atomic E-state index is 12.8. The minimum Gasteiger partial charge on any atom is -0.465 e. The summed E-state index contributed by atoms with van der Waals surface area (Å²) in [4.78, 5) is 43.8. The lowest BCUT2D eigenvalue weighted by atomic mass is 10.1.